The van der Waals surface area contributed by atoms with E-state index in [0.717, 1.165) is 5.56 Å². The van der Waals surface area contributed by atoms with E-state index in [-0.39, 0.29) is 12.2 Å². The Balaban J connectivity index is 2.13. The van der Waals surface area contributed by atoms with Gasteiger partial charge in [0.2, 0.25) is 0 Å². The third kappa shape index (κ3) is 2.71. The van der Waals surface area contributed by atoms with Crippen molar-refractivity contribution >= 4 is 17.4 Å². The summed E-state index contributed by atoms with van der Waals surface area (Å²) in [5, 5.41) is 0.518. The number of rotatable bonds is 4. The minimum atomic E-state index is -0.717. The molecule has 5 heteroatoms. The molecule has 1 saturated heterocycles. The highest BCUT2D eigenvalue weighted by atomic mass is 35.5. The smallest absolute Gasteiger partial charge is 0.169 e. The number of ketones is 1. The van der Waals surface area contributed by atoms with Crippen molar-refractivity contribution in [2.45, 2.75) is 24.9 Å². The van der Waals surface area contributed by atoms with Crippen LogP contribution in [0.1, 0.15) is 18.4 Å². The number of carbonyl (C=O) groups is 1. The van der Waals surface area contributed by atoms with Gasteiger partial charge in [0.15, 0.2) is 5.78 Å². The van der Waals surface area contributed by atoms with Crippen molar-refractivity contribution in [3.8, 4) is 0 Å². The molecule has 0 atom stereocenters. The SMILES string of the molecule is COC1(C(=O)Cc2ccncc2Cl)CCOCC1. The van der Waals surface area contributed by atoms with Gasteiger partial charge in [0.25, 0.3) is 0 Å². The predicted octanol–water partition coefficient (Wildman–Crippen LogP) is 2.04. The Kier molecular flexibility index (Phi) is 4.32. The Morgan fingerprint density at radius 1 is 1.56 bits per heavy atom. The number of ether oxygens (including phenoxy) is 2. The molecule has 1 aliphatic rings. The highest BCUT2D eigenvalue weighted by Crippen LogP contribution is 2.28. The largest absolute Gasteiger partial charge is 0.381 e. The molecule has 0 aliphatic carbocycles. The third-order valence-electron chi connectivity index (χ3n) is 3.41. The standard InChI is InChI=1S/C13H16ClNO3/c1-17-13(3-6-18-7-4-13)12(16)8-10-2-5-15-9-11(10)14/h2,5,9H,3-4,6-8H2,1H3. The van der Waals surface area contributed by atoms with E-state index in [1.165, 1.54) is 0 Å². The summed E-state index contributed by atoms with van der Waals surface area (Å²) in [4.78, 5) is 16.3. The molecule has 0 radical (unpaired) electrons. The molecule has 0 bridgehead atoms. The first-order valence-electron chi connectivity index (χ1n) is 5.92. The number of carbonyl (C=O) groups excluding carboxylic acids is 1. The lowest BCUT2D eigenvalue weighted by molar-refractivity contribution is -0.151. The summed E-state index contributed by atoms with van der Waals surface area (Å²) in [5.41, 5.74) is 0.0739. The van der Waals surface area contributed by atoms with Crippen LogP contribution in [-0.4, -0.2) is 36.7 Å². The Morgan fingerprint density at radius 3 is 2.89 bits per heavy atom. The van der Waals surface area contributed by atoms with Gasteiger partial charge in [0.1, 0.15) is 5.60 Å². The van der Waals surface area contributed by atoms with Gasteiger partial charge in [0.05, 0.1) is 5.02 Å². The van der Waals surface area contributed by atoms with Crippen molar-refractivity contribution < 1.29 is 14.3 Å². The van der Waals surface area contributed by atoms with Crippen LogP contribution < -0.4 is 0 Å². The lowest BCUT2D eigenvalue weighted by Gasteiger charge is -2.34. The highest BCUT2D eigenvalue weighted by molar-refractivity contribution is 6.31. The second-order valence-electron chi connectivity index (χ2n) is 4.38. The summed E-state index contributed by atoms with van der Waals surface area (Å²) in [7, 11) is 1.58. The zero-order chi connectivity index (χ0) is 13.0. The molecular weight excluding hydrogens is 254 g/mol. The molecule has 98 valence electrons. The normalized spacial score (nSPS) is 18.6. The van der Waals surface area contributed by atoms with Crippen LogP contribution in [0.2, 0.25) is 5.02 Å². The Hall–Kier alpha value is -0.970. The van der Waals surface area contributed by atoms with Gasteiger partial charge >= 0.3 is 0 Å². The first-order valence-corrected chi connectivity index (χ1v) is 6.30. The number of pyridine rings is 1. The van der Waals surface area contributed by atoms with Crippen molar-refractivity contribution in [2.24, 2.45) is 0 Å². The summed E-state index contributed by atoms with van der Waals surface area (Å²) in [6.07, 6.45) is 4.66. The lowest BCUT2D eigenvalue weighted by Crippen LogP contribution is -2.46. The van der Waals surface area contributed by atoms with Crippen molar-refractivity contribution in [3.05, 3.63) is 29.0 Å². The molecule has 1 aliphatic heterocycles. The van der Waals surface area contributed by atoms with Gasteiger partial charge in [-0.25, -0.2) is 0 Å². The molecule has 0 spiro atoms. The van der Waals surface area contributed by atoms with E-state index >= 15 is 0 Å². The van der Waals surface area contributed by atoms with Crippen LogP contribution in [0.3, 0.4) is 0 Å². The topological polar surface area (TPSA) is 48.4 Å². The van der Waals surface area contributed by atoms with Crippen molar-refractivity contribution in [3.63, 3.8) is 0 Å². The Labute approximate surface area is 111 Å². The summed E-state index contributed by atoms with van der Waals surface area (Å²) in [6, 6.07) is 1.77. The van der Waals surface area contributed by atoms with Gasteiger partial charge in [-0.2, -0.15) is 0 Å². The summed E-state index contributed by atoms with van der Waals surface area (Å²) >= 11 is 6.02. The van der Waals surface area contributed by atoms with Crippen molar-refractivity contribution in [2.75, 3.05) is 20.3 Å². The molecule has 2 rings (SSSR count). The first-order chi connectivity index (χ1) is 8.68. The minimum Gasteiger partial charge on any atom is -0.381 e. The van der Waals surface area contributed by atoms with Crippen LogP contribution >= 0.6 is 11.6 Å². The number of nitrogens with zero attached hydrogens (tertiary/aromatic N) is 1. The zero-order valence-corrected chi connectivity index (χ0v) is 11.1. The van der Waals surface area contributed by atoms with Gasteiger partial charge < -0.3 is 9.47 Å². The molecule has 4 nitrogen and oxygen atoms in total. The number of aromatic nitrogens is 1. The van der Waals surface area contributed by atoms with Gasteiger partial charge in [-0.1, -0.05) is 11.6 Å². The van der Waals surface area contributed by atoms with E-state index < -0.39 is 5.60 Å². The van der Waals surface area contributed by atoms with Gasteiger partial charge in [0, 0.05) is 52.0 Å². The maximum Gasteiger partial charge on any atom is 0.169 e. The van der Waals surface area contributed by atoms with Crippen LogP contribution in [-0.2, 0) is 20.7 Å². The molecule has 0 amide bonds. The maximum atomic E-state index is 12.4. The van der Waals surface area contributed by atoms with Crippen LogP contribution in [0.15, 0.2) is 18.5 Å². The second kappa shape index (κ2) is 5.78. The number of hydrogen-bond donors (Lipinski definition) is 0. The van der Waals surface area contributed by atoms with E-state index in [2.05, 4.69) is 4.98 Å². The first kappa shape index (κ1) is 13.5. The Morgan fingerprint density at radius 2 is 2.28 bits per heavy atom. The molecule has 0 N–H and O–H groups in total. The summed E-state index contributed by atoms with van der Waals surface area (Å²) in [6.45, 7) is 1.12. The quantitative estimate of drug-likeness (QED) is 0.839. The number of hydrogen-bond acceptors (Lipinski definition) is 4. The van der Waals surface area contributed by atoms with E-state index in [1.54, 1.807) is 25.6 Å². The van der Waals surface area contributed by atoms with Crippen LogP contribution in [0, 0.1) is 0 Å². The monoisotopic (exact) mass is 269 g/mol. The molecule has 1 aromatic heterocycles. The van der Waals surface area contributed by atoms with E-state index in [4.69, 9.17) is 21.1 Å². The zero-order valence-electron chi connectivity index (χ0n) is 10.3. The average molecular weight is 270 g/mol. The van der Waals surface area contributed by atoms with Crippen molar-refractivity contribution in [1.82, 2.24) is 4.98 Å². The van der Waals surface area contributed by atoms with Crippen LogP contribution in [0.25, 0.3) is 0 Å². The molecule has 2 heterocycles. The van der Waals surface area contributed by atoms with Crippen LogP contribution in [0.5, 0.6) is 0 Å². The van der Waals surface area contributed by atoms with E-state index in [9.17, 15) is 4.79 Å². The lowest BCUT2D eigenvalue weighted by atomic mass is 9.86. The van der Waals surface area contributed by atoms with Crippen LogP contribution in [0.4, 0.5) is 0 Å². The fourth-order valence-corrected chi connectivity index (χ4v) is 2.37. The Bertz CT molecular complexity index is 430. The van der Waals surface area contributed by atoms with E-state index in [1.807, 2.05) is 0 Å². The average Bonchev–Trinajstić information content (AvgIpc) is 2.42. The fraction of sp³-hybridized carbons (Fsp3) is 0.538. The van der Waals surface area contributed by atoms with Gasteiger partial charge in [-0.15, -0.1) is 0 Å². The summed E-state index contributed by atoms with van der Waals surface area (Å²) < 4.78 is 10.7. The van der Waals surface area contributed by atoms with Gasteiger partial charge in [-0.3, -0.25) is 9.78 Å². The third-order valence-corrected chi connectivity index (χ3v) is 3.75. The van der Waals surface area contributed by atoms with Crippen molar-refractivity contribution in [1.29, 1.82) is 0 Å². The molecule has 0 aromatic carbocycles. The minimum absolute atomic E-state index is 0.0569. The molecule has 1 aromatic rings. The molecule has 0 unspecified atom stereocenters. The number of methoxy groups -OCH3 is 1. The molecule has 0 saturated carbocycles. The molecule has 1 fully saturated rings. The highest BCUT2D eigenvalue weighted by Gasteiger charge is 2.39. The molecular formula is C13H16ClNO3. The summed E-state index contributed by atoms with van der Waals surface area (Å²) in [5.74, 6) is 0.0569. The molecule has 18 heavy (non-hydrogen) atoms. The fourth-order valence-electron chi connectivity index (χ4n) is 2.18. The number of Topliss-reactive ketones (excluding diaryl/α,β-unsaturated/α-hetero) is 1. The predicted molar refractivity (Wildman–Crippen MR) is 67.8 cm³/mol. The van der Waals surface area contributed by atoms with E-state index in [0.29, 0.717) is 31.1 Å². The maximum absolute atomic E-state index is 12.4. The number of halogens is 1. The van der Waals surface area contributed by atoms with Gasteiger partial charge in [-0.05, 0) is 11.6 Å². The second-order valence-corrected chi connectivity index (χ2v) is 4.79.